The largest absolute Gasteiger partial charge is 0.404 e. The minimum atomic E-state index is -1.11. The molecule has 0 fully saturated rings. The van der Waals surface area contributed by atoms with Crippen LogP contribution in [0.4, 0.5) is 5.82 Å². The first-order valence-corrected chi connectivity index (χ1v) is 8.74. The van der Waals surface area contributed by atoms with Crippen molar-refractivity contribution >= 4 is 28.1 Å². The van der Waals surface area contributed by atoms with Gasteiger partial charge in [-0.2, -0.15) is 0 Å². The van der Waals surface area contributed by atoms with Crippen molar-refractivity contribution in [1.29, 1.82) is 5.41 Å². The zero-order valence-electron chi connectivity index (χ0n) is 16.5. The van der Waals surface area contributed by atoms with Gasteiger partial charge in [0.2, 0.25) is 0 Å². The van der Waals surface area contributed by atoms with Crippen LogP contribution in [0, 0.1) is 5.41 Å². The molecule has 2 heterocycles. The van der Waals surface area contributed by atoms with Gasteiger partial charge < -0.3 is 32.6 Å². The lowest BCUT2D eigenvalue weighted by Crippen LogP contribution is -2.23. The van der Waals surface area contributed by atoms with Crippen molar-refractivity contribution in [2.75, 3.05) is 12.4 Å². The summed E-state index contributed by atoms with van der Waals surface area (Å²) < 4.78 is 0. The van der Waals surface area contributed by atoms with Crippen LogP contribution < -0.4 is 22.1 Å². The Kier molecular flexibility index (Phi) is 6.37. The molecule has 0 atom stereocenters. The number of rotatable bonds is 7. The Morgan fingerprint density at radius 2 is 2.00 bits per heavy atom. The molecule has 0 radical (unpaired) electrons. The van der Waals surface area contributed by atoms with Gasteiger partial charge in [-0.25, -0.2) is 4.98 Å². The van der Waals surface area contributed by atoms with Gasteiger partial charge in [-0.05, 0) is 45.0 Å². The zero-order chi connectivity index (χ0) is 20.9. The van der Waals surface area contributed by atoms with E-state index in [1.807, 2.05) is 12.1 Å². The number of hydrogen-bond donors (Lipinski definition) is 6. The third-order valence-electron chi connectivity index (χ3n) is 4.01. The van der Waals surface area contributed by atoms with Crippen molar-refractivity contribution in [3.63, 3.8) is 0 Å². The van der Waals surface area contributed by atoms with E-state index in [1.54, 1.807) is 52.4 Å². The van der Waals surface area contributed by atoms with Crippen molar-refractivity contribution < 1.29 is 5.11 Å². The van der Waals surface area contributed by atoms with Crippen LogP contribution in [0.25, 0.3) is 16.6 Å². The molecule has 0 aliphatic carbocycles. The van der Waals surface area contributed by atoms with Gasteiger partial charge in [0.1, 0.15) is 11.6 Å². The van der Waals surface area contributed by atoms with Crippen LogP contribution in [0.1, 0.15) is 26.3 Å². The second-order valence-electron chi connectivity index (χ2n) is 6.84. The lowest BCUT2D eigenvalue weighted by atomic mass is 9.99. The Morgan fingerprint density at radius 1 is 1.29 bits per heavy atom. The predicted octanol–water partition coefficient (Wildman–Crippen LogP) is 2.06. The van der Waals surface area contributed by atoms with Crippen molar-refractivity contribution in [2.45, 2.75) is 26.4 Å². The van der Waals surface area contributed by atoms with Gasteiger partial charge in [0, 0.05) is 48.1 Å². The van der Waals surface area contributed by atoms with E-state index in [4.69, 9.17) is 16.9 Å². The lowest BCUT2D eigenvalue weighted by Gasteiger charge is -2.19. The van der Waals surface area contributed by atoms with Crippen molar-refractivity contribution in [3.8, 4) is 0 Å². The summed E-state index contributed by atoms with van der Waals surface area (Å²) in [5.41, 5.74) is 14.3. The summed E-state index contributed by atoms with van der Waals surface area (Å²) in [6.45, 7) is 4.96. The summed E-state index contributed by atoms with van der Waals surface area (Å²) in [5, 5.41) is 24.0. The number of nitrogens with two attached hydrogens (primary N) is 2. The Hall–Kier alpha value is -3.39. The van der Waals surface area contributed by atoms with E-state index < -0.39 is 5.60 Å². The van der Waals surface area contributed by atoms with E-state index in [2.05, 4.69) is 20.6 Å². The molecule has 0 unspecified atom stereocenters. The number of aliphatic hydroxyl groups is 1. The monoisotopic (exact) mass is 381 g/mol. The molecular weight excluding hydrogens is 354 g/mol. The fourth-order valence-corrected chi connectivity index (χ4v) is 2.56. The molecule has 0 aromatic carbocycles. The Labute approximate surface area is 164 Å². The quantitative estimate of drug-likeness (QED) is 0.318. The van der Waals surface area contributed by atoms with E-state index in [0.717, 1.165) is 16.7 Å². The van der Waals surface area contributed by atoms with E-state index in [-0.39, 0.29) is 0 Å². The number of pyridine rings is 2. The molecule has 0 saturated heterocycles. The van der Waals surface area contributed by atoms with Crippen LogP contribution in [0.2, 0.25) is 0 Å². The van der Waals surface area contributed by atoms with Crippen molar-refractivity contribution in [1.82, 2.24) is 15.3 Å². The van der Waals surface area contributed by atoms with E-state index in [1.165, 1.54) is 6.20 Å². The Bertz CT molecular complexity index is 968. The fraction of sp³-hybridized carbons (Fsp3) is 0.250. The smallest absolute Gasteiger partial charge is 0.132 e. The van der Waals surface area contributed by atoms with Gasteiger partial charge in [0.05, 0.1) is 16.6 Å². The van der Waals surface area contributed by atoms with E-state index >= 15 is 0 Å². The van der Waals surface area contributed by atoms with Crippen LogP contribution in [0.3, 0.4) is 0 Å². The molecule has 148 valence electrons. The van der Waals surface area contributed by atoms with Crippen LogP contribution in [0.5, 0.6) is 0 Å². The molecule has 28 heavy (non-hydrogen) atoms. The number of nitrogens with one attached hydrogen (secondary N) is 3. The first kappa shape index (κ1) is 20.9. The minimum absolute atomic E-state index is 0.292. The third-order valence-corrected chi connectivity index (χ3v) is 4.01. The van der Waals surface area contributed by atoms with Crippen molar-refractivity contribution in [2.24, 2.45) is 11.5 Å². The highest BCUT2D eigenvalue weighted by Gasteiger charge is 2.17. The molecule has 8 nitrogen and oxygen atoms in total. The second-order valence-corrected chi connectivity index (χ2v) is 6.84. The number of allylic oxidation sites excluding steroid dienone is 1. The summed E-state index contributed by atoms with van der Waals surface area (Å²) in [7, 11) is 1.78. The van der Waals surface area contributed by atoms with Crippen LogP contribution in [-0.4, -0.2) is 33.4 Å². The molecule has 0 saturated carbocycles. The number of anilines is 1. The summed E-state index contributed by atoms with van der Waals surface area (Å²) in [6, 6.07) is 5.46. The highest BCUT2D eigenvalue weighted by molar-refractivity contribution is 6.21. The minimum Gasteiger partial charge on any atom is -0.404 e. The van der Waals surface area contributed by atoms with E-state index in [9.17, 15) is 5.11 Å². The summed E-state index contributed by atoms with van der Waals surface area (Å²) in [6.07, 6.45) is 6.35. The maximum absolute atomic E-state index is 10.1. The molecule has 2 aromatic heterocycles. The van der Waals surface area contributed by atoms with Crippen LogP contribution >= 0.6 is 0 Å². The Balaban J connectivity index is 2.37. The summed E-state index contributed by atoms with van der Waals surface area (Å²) in [4.78, 5) is 8.97. The topological polar surface area (TPSA) is 146 Å². The molecule has 8 N–H and O–H groups in total. The molecule has 2 rings (SSSR count). The average molecular weight is 381 g/mol. The third kappa shape index (κ3) is 5.08. The SMILES string of the molecule is CN/C=C(\C(C)=N)c1cnc2ccc(N/C(N)=C/C(=C\N)C(C)(C)O)nc2c1. The molecule has 0 aliphatic rings. The second kappa shape index (κ2) is 8.53. The number of nitrogens with zero attached hydrogens (tertiary/aromatic N) is 2. The maximum atomic E-state index is 10.1. The van der Waals surface area contributed by atoms with E-state index in [0.29, 0.717) is 28.4 Å². The normalized spacial score (nSPS) is 13.5. The van der Waals surface area contributed by atoms with Gasteiger partial charge >= 0.3 is 0 Å². The molecular formula is C20H27N7O. The van der Waals surface area contributed by atoms with Crippen LogP contribution in [0.15, 0.2) is 54.3 Å². The predicted molar refractivity (Wildman–Crippen MR) is 114 cm³/mol. The lowest BCUT2D eigenvalue weighted by molar-refractivity contribution is 0.123. The number of hydrogen-bond acceptors (Lipinski definition) is 8. The Morgan fingerprint density at radius 3 is 2.57 bits per heavy atom. The number of fused-ring (bicyclic) bond motifs is 1. The van der Waals surface area contributed by atoms with Gasteiger partial charge in [-0.15, -0.1) is 0 Å². The molecule has 0 aliphatic heterocycles. The highest BCUT2D eigenvalue weighted by Crippen LogP contribution is 2.21. The van der Waals surface area contributed by atoms with Crippen molar-refractivity contribution in [3.05, 3.63) is 59.8 Å². The highest BCUT2D eigenvalue weighted by atomic mass is 16.3. The van der Waals surface area contributed by atoms with Gasteiger partial charge in [0.25, 0.3) is 0 Å². The first-order valence-electron chi connectivity index (χ1n) is 8.74. The summed E-state index contributed by atoms with van der Waals surface area (Å²) in [5.74, 6) is 0.818. The average Bonchev–Trinajstić information content (AvgIpc) is 2.62. The number of aromatic nitrogens is 2. The first-order chi connectivity index (χ1) is 13.2. The maximum Gasteiger partial charge on any atom is 0.132 e. The molecule has 0 spiro atoms. The fourth-order valence-electron chi connectivity index (χ4n) is 2.56. The van der Waals surface area contributed by atoms with Gasteiger partial charge in [0.15, 0.2) is 0 Å². The van der Waals surface area contributed by atoms with Gasteiger partial charge in [-0.3, -0.25) is 4.98 Å². The molecule has 8 heteroatoms. The zero-order valence-corrected chi connectivity index (χ0v) is 16.5. The molecule has 2 aromatic rings. The molecule has 0 amide bonds. The van der Waals surface area contributed by atoms with Crippen LogP contribution in [-0.2, 0) is 0 Å². The van der Waals surface area contributed by atoms with Gasteiger partial charge in [-0.1, -0.05) is 0 Å². The summed E-state index contributed by atoms with van der Waals surface area (Å²) >= 11 is 0. The molecule has 0 bridgehead atoms. The standard InChI is InChI=1S/C20H27N7O/c1-12(22)15(11-24-4)13-7-17-16(25-10-13)5-6-19(26-17)27-18(23)8-14(9-21)20(2,3)28/h5-11,22,24,28H,21,23H2,1-4H3,(H,26,27)/b14-9+,15-11+,18-8+,22-12?.